The average Bonchev–Trinajstić information content (AvgIpc) is 2.29. The zero-order valence-electron chi connectivity index (χ0n) is 10.2. The Morgan fingerprint density at radius 3 is 1.67 bits per heavy atom. The molecule has 0 N–H and O–H groups in total. The van der Waals surface area contributed by atoms with Gasteiger partial charge in [-0.15, -0.1) is 0 Å². The molecule has 2 aromatic heterocycles. The molecule has 0 unspecified atom stereocenters. The number of nitrogens with zero attached hydrogens (tertiary/aromatic N) is 2. The zero-order chi connectivity index (χ0) is 9.38. The van der Waals surface area contributed by atoms with Crippen LogP contribution in [-0.4, -0.2) is 33.0 Å². The maximum atomic E-state index is 4.35. The molecule has 0 saturated heterocycles. The second-order valence-corrected chi connectivity index (χ2v) is 3.22. The maximum absolute atomic E-state index is 4.35. The van der Waals surface area contributed by atoms with Crippen LogP contribution in [0.15, 0.2) is 48.8 Å². The van der Waals surface area contributed by atoms with Gasteiger partial charge in [0.25, 0.3) is 0 Å². The SMILES string of the molecule is [H-].[H-].[Mg+2].c1cnc2c(c1)ccc1cccnc12. The Morgan fingerprint density at radius 2 is 1.20 bits per heavy atom. The van der Waals surface area contributed by atoms with Crippen LogP contribution in [0.2, 0.25) is 0 Å². The van der Waals surface area contributed by atoms with Crippen LogP contribution in [0.1, 0.15) is 2.85 Å². The van der Waals surface area contributed by atoms with Crippen LogP contribution in [0.25, 0.3) is 21.8 Å². The number of rotatable bonds is 0. The zero-order valence-corrected chi connectivity index (χ0v) is 9.63. The monoisotopic (exact) mass is 206 g/mol. The van der Waals surface area contributed by atoms with Crippen LogP contribution in [0.4, 0.5) is 0 Å². The van der Waals surface area contributed by atoms with Gasteiger partial charge in [-0.25, -0.2) is 0 Å². The molecule has 0 spiro atoms. The predicted molar refractivity (Wildman–Crippen MR) is 65.0 cm³/mol. The van der Waals surface area contributed by atoms with E-state index >= 15 is 0 Å². The third-order valence-corrected chi connectivity index (χ3v) is 2.34. The minimum absolute atomic E-state index is 0. The van der Waals surface area contributed by atoms with Gasteiger partial charge in [-0.3, -0.25) is 9.97 Å². The van der Waals surface area contributed by atoms with Gasteiger partial charge in [-0.2, -0.15) is 0 Å². The van der Waals surface area contributed by atoms with E-state index in [9.17, 15) is 0 Å². The second-order valence-electron chi connectivity index (χ2n) is 3.22. The third kappa shape index (κ3) is 1.68. The van der Waals surface area contributed by atoms with Gasteiger partial charge in [0.05, 0.1) is 11.0 Å². The summed E-state index contributed by atoms with van der Waals surface area (Å²) in [5.74, 6) is 0. The van der Waals surface area contributed by atoms with E-state index in [2.05, 4.69) is 34.2 Å². The Labute approximate surface area is 106 Å². The number of hydrogen-bond acceptors (Lipinski definition) is 2. The van der Waals surface area contributed by atoms with E-state index in [1.54, 1.807) is 12.4 Å². The number of fused-ring (bicyclic) bond motifs is 3. The summed E-state index contributed by atoms with van der Waals surface area (Å²) in [5, 5.41) is 2.28. The molecule has 1 aromatic carbocycles. The van der Waals surface area contributed by atoms with Gasteiger partial charge in [0.2, 0.25) is 0 Å². The molecule has 3 rings (SSSR count). The number of pyridine rings is 2. The van der Waals surface area contributed by atoms with Crippen molar-refractivity contribution in [1.82, 2.24) is 9.97 Å². The van der Waals surface area contributed by atoms with Gasteiger partial charge in [-0.05, 0) is 12.1 Å². The molecule has 3 heteroatoms. The first kappa shape index (κ1) is 10.3. The number of benzene rings is 1. The van der Waals surface area contributed by atoms with Gasteiger partial charge in [-0.1, -0.05) is 24.3 Å². The van der Waals surface area contributed by atoms with Crippen LogP contribution in [-0.2, 0) is 0 Å². The summed E-state index contributed by atoms with van der Waals surface area (Å²) in [6.07, 6.45) is 3.60. The van der Waals surface area contributed by atoms with Crippen molar-refractivity contribution in [3.63, 3.8) is 0 Å². The van der Waals surface area contributed by atoms with Crippen molar-refractivity contribution in [2.45, 2.75) is 0 Å². The second kappa shape index (κ2) is 4.12. The quantitative estimate of drug-likeness (QED) is 0.417. The Hall–Kier alpha value is -1.19. The fraction of sp³-hybridized carbons (Fsp3) is 0. The van der Waals surface area contributed by atoms with E-state index in [0.717, 1.165) is 21.8 Å². The maximum Gasteiger partial charge on any atom is 2.00 e. The number of hydrogen-bond donors (Lipinski definition) is 0. The molecule has 0 radical (unpaired) electrons. The topological polar surface area (TPSA) is 25.8 Å². The third-order valence-electron chi connectivity index (χ3n) is 2.34. The van der Waals surface area contributed by atoms with Crippen LogP contribution in [0.3, 0.4) is 0 Å². The summed E-state index contributed by atoms with van der Waals surface area (Å²) in [7, 11) is 0. The van der Waals surface area contributed by atoms with E-state index in [4.69, 9.17) is 0 Å². The van der Waals surface area contributed by atoms with Gasteiger partial charge < -0.3 is 2.85 Å². The first-order valence-corrected chi connectivity index (χ1v) is 4.53. The summed E-state index contributed by atoms with van der Waals surface area (Å²) in [6.45, 7) is 0. The Morgan fingerprint density at radius 1 is 0.733 bits per heavy atom. The molecular weight excluding hydrogens is 196 g/mol. The van der Waals surface area contributed by atoms with Gasteiger partial charge in [0.1, 0.15) is 0 Å². The Kier molecular flexibility index (Phi) is 2.84. The van der Waals surface area contributed by atoms with E-state index in [1.807, 2.05) is 12.1 Å². The molecule has 0 aliphatic heterocycles. The van der Waals surface area contributed by atoms with Crippen molar-refractivity contribution in [2.75, 3.05) is 0 Å². The van der Waals surface area contributed by atoms with Gasteiger partial charge >= 0.3 is 23.1 Å². The summed E-state index contributed by atoms with van der Waals surface area (Å²) in [4.78, 5) is 8.69. The smallest absolute Gasteiger partial charge is 1.00 e. The molecule has 0 aliphatic carbocycles. The van der Waals surface area contributed by atoms with E-state index in [1.165, 1.54) is 0 Å². The molecule has 0 atom stereocenters. The van der Waals surface area contributed by atoms with Gasteiger partial charge in [0.15, 0.2) is 0 Å². The van der Waals surface area contributed by atoms with E-state index in [0.29, 0.717) is 0 Å². The van der Waals surface area contributed by atoms with Crippen molar-refractivity contribution in [2.24, 2.45) is 0 Å². The van der Waals surface area contributed by atoms with Crippen LogP contribution < -0.4 is 0 Å². The Bertz CT molecular complexity index is 561. The van der Waals surface area contributed by atoms with Crippen molar-refractivity contribution in [3.8, 4) is 0 Å². The molecule has 0 amide bonds. The molecule has 70 valence electrons. The van der Waals surface area contributed by atoms with Crippen LogP contribution in [0, 0.1) is 0 Å². The van der Waals surface area contributed by atoms with Crippen molar-refractivity contribution < 1.29 is 2.85 Å². The van der Waals surface area contributed by atoms with E-state index < -0.39 is 0 Å². The minimum atomic E-state index is 0. The molecular formula is C12H10MgN2. The molecule has 0 fully saturated rings. The first-order chi connectivity index (χ1) is 6.95. The summed E-state index contributed by atoms with van der Waals surface area (Å²) >= 11 is 0. The van der Waals surface area contributed by atoms with Crippen LogP contribution >= 0.6 is 0 Å². The Balaban J connectivity index is 0.000000853. The first-order valence-electron chi connectivity index (χ1n) is 4.53. The fourth-order valence-corrected chi connectivity index (χ4v) is 1.68. The van der Waals surface area contributed by atoms with Gasteiger partial charge in [0, 0.05) is 23.2 Å². The summed E-state index contributed by atoms with van der Waals surface area (Å²) in [5.41, 5.74) is 1.95. The summed E-state index contributed by atoms with van der Waals surface area (Å²) < 4.78 is 0. The predicted octanol–water partition coefficient (Wildman–Crippen LogP) is 2.63. The molecule has 15 heavy (non-hydrogen) atoms. The minimum Gasteiger partial charge on any atom is -1.00 e. The normalized spacial score (nSPS) is 10.1. The standard InChI is InChI=1S/C12H8N2.Mg.2H/c1-3-9-5-6-10-4-2-8-14-12(10)11(9)13-7-1;;;/h1-8H;;;/q;+2;2*-1. The van der Waals surface area contributed by atoms with Crippen molar-refractivity contribution >= 4 is 44.9 Å². The van der Waals surface area contributed by atoms with E-state index in [-0.39, 0.29) is 25.9 Å². The molecule has 0 aliphatic rings. The molecule has 2 nitrogen and oxygen atoms in total. The average molecular weight is 207 g/mol. The number of aromatic nitrogens is 2. The van der Waals surface area contributed by atoms with Crippen molar-refractivity contribution in [3.05, 3.63) is 48.8 Å². The summed E-state index contributed by atoms with van der Waals surface area (Å²) in [6, 6.07) is 12.1. The van der Waals surface area contributed by atoms with Crippen molar-refractivity contribution in [1.29, 1.82) is 0 Å². The fourth-order valence-electron chi connectivity index (χ4n) is 1.68. The molecule has 3 aromatic rings. The van der Waals surface area contributed by atoms with Crippen LogP contribution in [0.5, 0.6) is 0 Å². The molecule has 0 saturated carbocycles. The molecule has 2 heterocycles. The largest absolute Gasteiger partial charge is 2.00 e. The molecule has 0 bridgehead atoms.